The van der Waals surface area contributed by atoms with E-state index >= 15 is 0 Å². The molecule has 1 aliphatic carbocycles. The topological polar surface area (TPSA) is 75.6 Å². The molecule has 1 aliphatic heterocycles. The zero-order valence-electron chi connectivity index (χ0n) is 10.7. The molecule has 1 saturated heterocycles. The van der Waals surface area contributed by atoms with E-state index < -0.39 is 18.2 Å². The first-order valence-electron chi connectivity index (χ1n) is 6.75. The molecular weight excluding hydrogens is 234 g/mol. The Morgan fingerprint density at radius 2 is 1.67 bits per heavy atom. The van der Waals surface area contributed by atoms with Gasteiger partial charge in [0, 0.05) is 6.04 Å². The van der Waals surface area contributed by atoms with Crippen molar-refractivity contribution < 1.29 is 19.4 Å². The molecule has 2 atom stereocenters. The lowest BCUT2D eigenvalue weighted by atomic mass is 9.87. The van der Waals surface area contributed by atoms with Crippen LogP contribution >= 0.6 is 0 Å². The molecule has 18 heavy (non-hydrogen) atoms. The van der Waals surface area contributed by atoms with Gasteiger partial charge in [-0.25, -0.2) is 4.79 Å². The maximum atomic E-state index is 11.9. The van der Waals surface area contributed by atoms with Gasteiger partial charge in [-0.05, 0) is 44.4 Å². The molecule has 2 fully saturated rings. The summed E-state index contributed by atoms with van der Waals surface area (Å²) in [6.07, 6.45) is 3.87. The predicted octanol–water partition coefficient (Wildman–Crippen LogP) is 1.31. The average Bonchev–Trinajstić information content (AvgIpc) is 2.81. The zero-order valence-corrected chi connectivity index (χ0v) is 10.7. The van der Waals surface area contributed by atoms with Crippen molar-refractivity contribution in [2.45, 2.75) is 63.7 Å². The largest absolute Gasteiger partial charge is 0.479 e. The molecule has 102 valence electrons. The van der Waals surface area contributed by atoms with Crippen LogP contribution in [-0.4, -0.2) is 35.2 Å². The fourth-order valence-electron chi connectivity index (χ4n) is 2.71. The van der Waals surface area contributed by atoms with Crippen molar-refractivity contribution in [2.75, 3.05) is 0 Å². The molecule has 2 N–H and O–H groups in total. The Hall–Kier alpha value is -1.10. The van der Waals surface area contributed by atoms with Crippen LogP contribution in [0.25, 0.3) is 0 Å². The molecule has 1 heterocycles. The van der Waals surface area contributed by atoms with Crippen molar-refractivity contribution in [2.24, 2.45) is 5.92 Å². The predicted molar refractivity (Wildman–Crippen MR) is 65.1 cm³/mol. The van der Waals surface area contributed by atoms with Crippen molar-refractivity contribution >= 4 is 11.9 Å². The van der Waals surface area contributed by atoms with Gasteiger partial charge in [0.2, 0.25) is 5.91 Å². The van der Waals surface area contributed by atoms with Gasteiger partial charge in [-0.3, -0.25) is 4.79 Å². The standard InChI is InChI=1S/C13H21NO4/c1-8-2-4-9(5-3-8)14-12(15)10-6-7-11(18-10)13(16)17/h8-11H,2-7H2,1H3,(H,14,15)(H,16,17). The molecule has 1 amide bonds. The Bertz CT molecular complexity index is 323. The van der Waals surface area contributed by atoms with E-state index in [2.05, 4.69) is 12.2 Å². The summed E-state index contributed by atoms with van der Waals surface area (Å²) in [6.45, 7) is 2.23. The Kier molecular flexibility index (Phi) is 4.22. The molecule has 5 nitrogen and oxygen atoms in total. The molecule has 2 aliphatic rings. The van der Waals surface area contributed by atoms with Crippen molar-refractivity contribution in [3.05, 3.63) is 0 Å². The SMILES string of the molecule is CC1CCC(NC(=O)C2CCC(C(=O)O)O2)CC1. The first kappa shape index (κ1) is 13.3. The molecule has 0 aromatic carbocycles. The summed E-state index contributed by atoms with van der Waals surface area (Å²) >= 11 is 0. The number of nitrogens with one attached hydrogen (secondary N) is 1. The molecule has 0 bridgehead atoms. The van der Waals surface area contributed by atoms with Gasteiger partial charge in [0.25, 0.3) is 0 Å². The number of carboxylic acids is 1. The third-order valence-electron chi connectivity index (χ3n) is 3.95. The maximum Gasteiger partial charge on any atom is 0.332 e. The molecule has 0 spiro atoms. The number of aliphatic carboxylic acids is 1. The number of carboxylic acid groups (broad SMARTS) is 1. The molecular formula is C13H21NO4. The highest BCUT2D eigenvalue weighted by molar-refractivity contribution is 5.82. The van der Waals surface area contributed by atoms with Gasteiger partial charge in [-0.2, -0.15) is 0 Å². The second kappa shape index (κ2) is 5.69. The quantitative estimate of drug-likeness (QED) is 0.797. The number of ether oxygens (including phenoxy) is 1. The van der Waals surface area contributed by atoms with Crippen molar-refractivity contribution in [3.8, 4) is 0 Å². The Morgan fingerprint density at radius 3 is 2.22 bits per heavy atom. The number of hydrogen-bond acceptors (Lipinski definition) is 3. The summed E-state index contributed by atoms with van der Waals surface area (Å²) in [5.41, 5.74) is 0. The zero-order chi connectivity index (χ0) is 13.1. The van der Waals surface area contributed by atoms with Gasteiger partial charge in [-0.15, -0.1) is 0 Å². The van der Waals surface area contributed by atoms with Gasteiger partial charge in [-0.1, -0.05) is 6.92 Å². The number of carbonyl (C=O) groups excluding carboxylic acids is 1. The van der Waals surface area contributed by atoms with E-state index in [1.165, 1.54) is 0 Å². The van der Waals surface area contributed by atoms with E-state index in [1.807, 2.05) is 0 Å². The molecule has 0 aromatic heterocycles. The van der Waals surface area contributed by atoms with E-state index in [1.54, 1.807) is 0 Å². The van der Waals surface area contributed by atoms with Crippen LogP contribution in [0, 0.1) is 5.92 Å². The fraction of sp³-hybridized carbons (Fsp3) is 0.846. The van der Waals surface area contributed by atoms with Crippen LogP contribution in [0.5, 0.6) is 0 Å². The van der Waals surface area contributed by atoms with E-state index in [4.69, 9.17) is 9.84 Å². The van der Waals surface area contributed by atoms with E-state index in [9.17, 15) is 9.59 Å². The second-order valence-corrected chi connectivity index (χ2v) is 5.49. The van der Waals surface area contributed by atoms with Crippen LogP contribution < -0.4 is 5.32 Å². The second-order valence-electron chi connectivity index (χ2n) is 5.49. The molecule has 0 aromatic rings. The van der Waals surface area contributed by atoms with Crippen LogP contribution in [0.4, 0.5) is 0 Å². The lowest BCUT2D eigenvalue weighted by Crippen LogP contribution is -2.43. The number of hydrogen-bond donors (Lipinski definition) is 2. The molecule has 1 saturated carbocycles. The summed E-state index contributed by atoms with van der Waals surface area (Å²) < 4.78 is 5.24. The monoisotopic (exact) mass is 255 g/mol. The lowest BCUT2D eigenvalue weighted by molar-refractivity contribution is -0.152. The Morgan fingerprint density at radius 1 is 1.06 bits per heavy atom. The third kappa shape index (κ3) is 3.22. The molecule has 5 heteroatoms. The van der Waals surface area contributed by atoms with Crippen molar-refractivity contribution in [3.63, 3.8) is 0 Å². The molecule has 2 unspecified atom stereocenters. The van der Waals surface area contributed by atoms with Crippen LogP contribution in [-0.2, 0) is 14.3 Å². The maximum absolute atomic E-state index is 11.9. The van der Waals surface area contributed by atoms with Crippen LogP contribution in [0.15, 0.2) is 0 Å². The smallest absolute Gasteiger partial charge is 0.332 e. The van der Waals surface area contributed by atoms with Crippen LogP contribution in [0.3, 0.4) is 0 Å². The Labute approximate surface area is 107 Å². The van der Waals surface area contributed by atoms with Gasteiger partial charge in [0.15, 0.2) is 6.10 Å². The highest BCUT2D eigenvalue weighted by Crippen LogP contribution is 2.25. The fourth-order valence-corrected chi connectivity index (χ4v) is 2.71. The third-order valence-corrected chi connectivity index (χ3v) is 3.95. The summed E-state index contributed by atoms with van der Waals surface area (Å²) in [5, 5.41) is 11.8. The average molecular weight is 255 g/mol. The van der Waals surface area contributed by atoms with E-state index in [0.717, 1.165) is 31.6 Å². The van der Waals surface area contributed by atoms with Gasteiger partial charge in [0.05, 0.1) is 0 Å². The molecule has 2 rings (SSSR count). The minimum atomic E-state index is -0.975. The lowest BCUT2D eigenvalue weighted by Gasteiger charge is -2.27. The minimum Gasteiger partial charge on any atom is -0.479 e. The number of rotatable bonds is 3. The summed E-state index contributed by atoms with van der Waals surface area (Å²) in [7, 11) is 0. The highest BCUT2D eigenvalue weighted by atomic mass is 16.5. The number of amides is 1. The van der Waals surface area contributed by atoms with Gasteiger partial charge >= 0.3 is 5.97 Å². The van der Waals surface area contributed by atoms with E-state index in [0.29, 0.717) is 12.8 Å². The first-order valence-corrected chi connectivity index (χ1v) is 6.75. The van der Waals surface area contributed by atoms with Crippen LogP contribution in [0.2, 0.25) is 0 Å². The van der Waals surface area contributed by atoms with Gasteiger partial charge < -0.3 is 15.2 Å². The number of carbonyl (C=O) groups is 2. The van der Waals surface area contributed by atoms with Crippen molar-refractivity contribution in [1.82, 2.24) is 5.32 Å². The summed E-state index contributed by atoms with van der Waals surface area (Å²) in [6, 6.07) is 0.237. The first-order chi connectivity index (χ1) is 8.56. The minimum absolute atomic E-state index is 0.140. The normalized spacial score (nSPS) is 36.3. The summed E-state index contributed by atoms with van der Waals surface area (Å²) in [4.78, 5) is 22.7. The van der Waals surface area contributed by atoms with Crippen LogP contribution in [0.1, 0.15) is 45.4 Å². The molecule has 0 radical (unpaired) electrons. The Balaban J connectivity index is 1.77. The summed E-state index contributed by atoms with van der Waals surface area (Å²) in [5.74, 6) is -0.368. The highest BCUT2D eigenvalue weighted by Gasteiger charge is 2.35. The van der Waals surface area contributed by atoms with Crippen molar-refractivity contribution in [1.29, 1.82) is 0 Å². The van der Waals surface area contributed by atoms with Gasteiger partial charge in [0.1, 0.15) is 6.10 Å². The van der Waals surface area contributed by atoms with E-state index in [-0.39, 0.29) is 11.9 Å².